The molecule has 2 aliphatic heterocycles. The number of hydrogen-bond donors (Lipinski definition) is 0. The number of morpholine rings is 1. The van der Waals surface area contributed by atoms with Gasteiger partial charge in [-0.3, -0.25) is 14.6 Å². The Balaban J connectivity index is 1.38. The quantitative estimate of drug-likeness (QED) is 0.527. The molecule has 7 nitrogen and oxygen atoms in total. The van der Waals surface area contributed by atoms with Gasteiger partial charge in [0.1, 0.15) is 6.61 Å². The highest BCUT2D eigenvalue weighted by atomic mass is 32.1. The molecule has 1 saturated heterocycles. The molecule has 1 atom stereocenters. The average molecular weight is 468 g/mol. The standard InChI is InChI=1S/C25H29N3O4S/c1-2-18-7-5-10-22-23(18)26-25(33-22)28(12-6-11-27-13-15-30-16-14-27)24(29)21-17-31-19-8-3-4-9-20(19)32-21/h3-5,7-10,21H,2,6,11-17H2,1H3/t21-/m0/s1. The lowest BCUT2D eigenvalue weighted by molar-refractivity contribution is -0.127. The molecular weight excluding hydrogens is 438 g/mol. The maximum atomic E-state index is 13.7. The maximum Gasteiger partial charge on any atom is 0.273 e. The molecule has 0 unspecified atom stereocenters. The fourth-order valence-corrected chi connectivity index (χ4v) is 5.33. The fraction of sp³-hybridized carbons (Fsp3) is 0.440. The van der Waals surface area contributed by atoms with E-state index >= 15 is 0 Å². The molecule has 1 fully saturated rings. The number of ether oxygens (including phenoxy) is 3. The summed E-state index contributed by atoms with van der Waals surface area (Å²) < 4.78 is 18.4. The number of para-hydroxylation sites is 3. The monoisotopic (exact) mass is 467 g/mol. The number of amides is 1. The Morgan fingerprint density at radius 1 is 1.15 bits per heavy atom. The Hall–Kier alpha value is -2.68. The van der Waals surface area contributed by atoms with E-state index in [1.165, 1.54) is 5.56 Å². The van der Waals surface area contributed by atoms with E-state index in [0.29, 0.717) is 18.0 Å². The number of thiazole rings is 1. The van der Waals surface area contributed by atoms with Gasteiger partial charge in [0.25, 0.3) is 5.91 Å². The van der Waals surface area contributed by atoms with Crippen molar-refractivity contribution < 1.29 is 19.0 Å². The molecule has 0 N–H and O–H groups in total. The molecule has 0 aliphatic carbocycles. The zero-order chi connectivity index (χ0) is 22.6. The van der Waals surface area contributed by atoms with Gasteiger partial charge in [0, 0.05) is 26.2 Å². The van der Waals surface area contributed by atoms with Crippen molar-refractivity contribution >= 4 is 32.6 Å². The third-order valence-corrected chi connectivity index (χ3v) is 7.16. The van der Waals surface area contributed by atoms with E-state index < -0.39 is 6.10 Å². The second kappa shape index (κ2) is 10.1. The Morgan fingerprint density at radius 3 is 2.79 bits per heavy atom. The SMILES string of the molecule is CCc1cccc2sc(N(CCCN3CCOCC3)C(=O)[C@@H]3COc4ccccc4O3)nc12. The van der Waals surface area contributed by atoms with E-state index in [0.717, 1.165) is 61.0 Å². The number of rotatable bonds is 7. The second-order valence-corrected chi connectivity index (χ2v) is 9.28. The van der Waals surface area contributed by atoms with Crippen LogP contribution in [0.25, 0.3) is 10.2 Å². The van der Waals surface area contributed by atoms with Crippen LogP contribution in [0.2, 0.25) is 0 Å². The molecular formula is C25H29N3O4S. The highest BCUT2D eigenvalue weighted by molar-refractivity contribution is 7.22. The number of carbonyl (C=O) groups is 1. The Bertz CT molecular complexity index is 1110. The van der Waals surface area contributed by atoms with E-state index in [9.17, 15) is 4.79 Å². The molecule has 2 aliphatic rings. The van der Waals surface area contributed by atoms with Crippen LogP contribution in [0.3, 0.4) is 0 Å². The van der Waals surface area contributed by atoms with Gasteiger partial charge < -0.3 is 14.2 Å². The molecule has 33 heavy (non-hydrogen) atoms. The molecule has 0 radical (unpaired) electrons. The molecule has 8 heteroatoms. The number of aromatic nitrogens is 1. The summed E-state index contributed by atoms with van der Waals surface area (Å²) in [5.74, 6) is 1.17. The van der Waals surface area contributed by atoms with Crippen LogP contribution in [-0.4, -0.2) is 67.9 Å². The molecule has 2 aromatic carbocycles. The van der Waals surface area contributed by atoms with Gasteiger partial charge in [-0.1, -0.05) is 42.5 Å². The number of nitrogens with zero attached hydrogens (tertiary/aromatic N) is 3. The maximum absolute atomic E-state index is 13.7. The van der Waals surface area contributed by atoms with Crippen molar-refractivity contribution in [1.82, 2.24) is 9.88 Å². The second-order valence-electron chi connectivity index (χ2n) is 8.28. The average Bonchev–Trinajstić information content (AvgIpc) is 3.30. The molecule has 0 spiro atoms. The number of fused-ring (bicyclic) bond motifs is 2. The third-order valence-electron chi connectivity index (χ3n) is 6.11. The topological polar surface area (TPSA) is 64.1 Å². The summed E-state index contributed by atoms with van der Waals surface area (Å²) in [5.41, 5.74) is 2.18. The van der Waals surface area contributed by atoms with Gasteiger partial charge in [-0.15, -0.1) is 0 Å². The van der Waals surface area contributed by atoms with E-state index in [4.69, 9.17) is 19.2 Å². The summed E-state index contributed by atoms with van der Waals surface area (Å²) in [5, 5.41) is 0.723. The Kier molecular flexibility index (Phi) is 6.75. The van der Waals surface area contributed by atoms with Gasteiger partial charge >= 0.3 is 0 Å². The van der Waals surface area contributed by atoms with Gasteiger partial charge in [0.15, 0.2) is 16.6 Å². The first-order chi connectivity index (χ1) is 16.2. The highest BCUT2D eigenvalue weighted by Crippen LogP contribution is 2.34. The molecule has 0 saturated carbocycles. The van der Waals surface area contributed by atoms with Crippen LogP contribution < -0.4 is 14.4 Å². The van der Waals surface area contributed by atoms with Crippen LogP contribution >= 0.6 is 11.3 Å². The van der Waals surface area contributed by atoms with Crippen molar-refractivity contribution in [2.75, 3.05) is 50.9 Å². The van der Waals surface area contributed by atoms with E-state index in [2.05, 4.69) is 30.0 Å². The lowest BCUT2D eigenvalue weighted by Crippen LogP contribution is -2.47. The number of benzene rings is 2. The Morgan fingerprint density at radius 2 is 1.97 bits per heavy atom. The first-order valence-corrected chi connectivity index (χ1v) is 12.4. The Labute approximate surface area is 197 Å². The summed E-state index contributed by atoms with van der Waals surface area (Å²) in [6.45, 7) is 7.24. The molecule has 1 aromatic heterocycles. The molecule has 5 rings (SSSR count). The molecule has 1 amide bonds. The van der Waals surface area contributed by atoms with Crippen molar-refractivity contribution in [3.63, 3.8) is 0 Å². The van der Waals surface area contributed by atoms with Crippen LogP contribution in [0.5, 0.6) is 11.5 Å². The number of anilines is 1. The van der Waals surface area contributed by atoms with Crippen LogP contribution in [0.4, 0.5) is 5.13 Å². The molecule has 3 heterocycles. The van der Waals surface area contributed by atoms with E-state index in [1.807, 2.05) is 24.3 Å². The predicted octanol–water partition coefficient (Wildman–Crippen LogP) is 3.75. The van der Waals surface area contributed by atoms with Gasteiger partial charge in [-0.25, -0.2) is 4.98 Å². The van der Waals surface area contributed by atoms with Crippen molar-refractivity contribution in [1.29, 1.82) is 0 Å². The minimum atomic E-state index is -0.694. The van der Waals surface area contributed by atoms with E-state index in [-0.39, 0.29) is 12.5 Å². The molecule has 0 bridgehead atoms. The zero-order valence-corrected chi connectivity index (χ0v) is 19.7. The summed E-state index contributed by atoms with van der Waals surface area (Å²) in [6.07, 6.45) is 1.06. The zero-order valence-electron chi connectivity index (χ0n) is 18.9. The fourth-order valence-electron chi connectivity index (χ4n) is 4.29. The lowest BCUT2D eigenvalue weighted by Gasteiger charge is -2.31. The first kappa shape index (κ1) is 22.1. The number of hydrogen-bond acceptors (Lipinski definition) is 7. The predicted molar refractivity (Wildman–Crippen MR) is 130 cm³/mol. The van der Waals surface area contributed by atoms with Crippen molar-refractivity contribution in [2.45, 2.75) is 25.9 Å². The summed E-state index contributed by atoms with van der Waals surface area (Å²) in [7, 11) is 0. The highest BCUT2D eigenvalue weighted by Gasteiger charge is 2.33. The van der Waals surface area contributed by atoms with Gasteiger partial charge in [-0.2, -0.15) is 0 Å². The summed E-state index contributed by atoms with van der Waals surface area (Å²) in [4.78, 5) is 22.8. The molecule has 3 aromatic rings. The number of carbonyl (C=O) groups excluding carboxylic acids is 1. The number of aryl methyl sites for hydroxylation is 1. The van der Waals surface area contributed by atoms with Crippen LogP contribution in [-0.2, 0) is 16.0 Å². The minimum absolute atomic E-state index is 0.108. The lowest BCUT2D eigenvalue weighted by atomic mass is 10.1. The minimum Gasteiger partial charge on any atom is -0.485 e. The summed E-state index contributed by atoms with van der Waals surface area (Å²) >= 11 is 1.56. The molecule has 174 valence electrons. The van der Waals surface area contributed by atoms with E-state index in [1.54, 1.807) is 16.2 Å². The van der Waals surface area contributed by atoms with Crippen molar-refractivity contribution in [2.24, 2.45) is 0 Å². The van der Waals surface area contributed by atoms with Crippen LogP contribution in [0, 0.1) is 0 Å². The normalized spacial score (nSPS) is 18.4. The van der Waals surface area contributed by atoms with Crippen LogP contribution in [0.15, 0.2) is 42.5 Å². The summed E-state index contributed by atoms with van der Waals surface area (Å²) in [6, 6.07) is 13.7. The van der Waals surface area contributed by atoms with Gasteiger partial charge in [0.05, 0.1) is 23.4 Å². The first-order valence-electron chi connectivity index (χ1n) is 11.6. The van der Waals surface area contributed by atoms with Crippen LogP contribution in [0.1, 0.15) is 18.9 Å². The van der Waals surface area contributed by atoms with Crippen molar-refractivity contribution in [3.8, 4) is 11.5 Å². The van der Waals surface area contributed by atoms with Crippen molar-refractivity contribution in [3.05, 3.63) is 48.0 Å². The van der Waals surface area contributed by atoms with Gasteiger partial charge in [-0.05, 0) is 36.6 Å². The smallest absolute Gasteiger partial charge is 0.273 e. The third kappa shape index (κ3) is 4.83. The largest absolute Gasteiger partial charge is 0.485 e. The van der Waals surface area contributed by atoms with Gasteiger partial charge in [0.2, 0.25) is 6.10 Å².